The third-order valence-electron chi connectivity index (χ3n) is 4.87. The van der Waals surface area contributed by atoms with Crippen LogP contribution in [0, 0.1) is 5.82 Å². The summed E-state index contributed by atoms with van der Waals surface area (Å²) in [5.41, 5.74) is 2.29. The predicted molar refractivity (Wildman–Crippen MR) is 118 cm³/mol. The van der Waals surface area contributed by atoms with Crippen LogP contribution in [0.4, 0.5) is 21.0 Å². The number of rotatable bonds is 7. The highest BCUT2D eigenvalue weighted by atomic mass is 32.2. The second-order valence-corrected chi connectivity index (χ2v) is 9.73. The highest BCUT2D eigenvalue weighted by molar-refractivity contribution is 7.93. The second-order valence-electron chi connectivity index (χ2n) is 7.19. The maximum Gasteiger partial charge on any atom is 0.266 e. The molecule has 4 aromatic rings. The molecule has 0 saturated heterocycles. The van der Waals surface area contributed by atoms with Crippen molar-refractivity contribution in [2.24, 2.45) is 0 Å². The Hall–Kier alpha value is -3.24. The molecule has 1 saturated carbocycles. The Morgan fingerprint density at radius 3 is 2.58 bits per heavy atom. The highest BCUT2D eigenvalue weighted by Crippen LogP contribution is 2.41. The predicted octanol–water partition coefficient (Wildman–Crippen LogP) is 4.89. The Morgan fingerprint density at radius 1 is 1.10 bits per heavy atom. The lowest BCUT2D eigenvalue weighted by molar-refractivity contribution is 0.570. The van der Waals surface area contributed by atoms with E-state index in [0.717, 1.165) is 41.6 Å². The SMILES string of the molecule is O=S(=O)(Nc1nccs1)c1ccc(Nc2cc(C3CC3)nn2-c2ccccc2)cc1F. The van der Waals surface area contributed by atoms with Gasteiger partial charge in [-0.3, -0.25) is 4.72 Å². The van der Waals surface area contributed by atoms with Crippen molar-refractivity contribution in [2.75, 3.05) is 10.0 Å². The summed E-state index contributed by atoms with van der Waals surface area (Å²) >= 11 is 1.12. The van der Waals surface area contributed by atoms with Gasteiger partial charge in [0.05, 0.1) is 11.4 Å². The maximum atomic E-state index is 14.7. The fourth-order valence-corrected chi connectivity index (χ4v) is 5.07. The Morgan fingerprint density at radius 2 is 1.90 bits per heavy atom. The van der Waals surface area contributed by atoms with Gasteiger partial charge in [0.15, 0.2) is 5.13 Å². The maximum absolute atomic E-state index is 14.7. The summed E-state index contributed by atoms with van der Waals surface area (Å²) < 4.78 is 43.8. The lowest BCUT2D eigenvalue weighted by Crippen LogP contribution is -2.14. The van der Waals surface area contributed by atoms with Crippen LogP contribution in [-0.2, 0) is 10.0 Å². The van der Waals surface area contributed by atoms with E-state index in [1.807, 2.05) is 36.4 Å². The summed E-state index contributed by atoms with van der Waals surface area (Å²) in [5, 5.41) is 9.70. The van der Waals surface area contributed by atoms with Crippen LogP contribution in [0.5, 0.6) is 0 Å². The minimum Gasteiger partial charge on any atom is -0.340 e. The standard InChI is InChI=1S/C21H18FN5O2S2/c22-17-12-15(8-9-19(17)31(28,29)26-21-23-10-11-30-21)24-20-13-18(14-6-7-14)25-27(20)16-4-2-1-3-5-16/h1-5,8-14,24H,6-7H2,(H,23,26). The molecular formula is C21H18FN5O2S2. The zero-order chi connectivity index (χ0) is 21.4. The van der Waals surface area contributed by atoms with Crippen molar-refractivity contribution in [2.45, 2.75) is 23.7 Å². The number of benzene rings is 2. The molecule has 1 aliphatic rings. The molecule has 0 amide bonds. The van der Waals surface area contributed by atoms with E-state index < -0.39 is 20.7 Å². The van der Waals surface area contributed by atoms with Gasteiger partial charge in [0.25, 0.3) is 10.0 Å². The summed E-state index contributed by atoms with van der Waals surface area (Å²) in [6, 6.07) is 15.5. The number of sulfonamides is 1. The van der Waals surface area contributed by atoms with Crippen molar-refractivity contribution < 1.29 is 12.8 Å². The molecule has 1 aliphatic carbocycles. The molecule has 2 aromatic carbocycles. The molecule has 5 rings (SSSR count). The monoisotopic (exact) mass is 455 g/mol. The van der Waals surface area contributed by atoms with Gasteiger partial charge < -0.3 is 5.32 Å². The van der Waals surface area contributed by atoms with Gasteiger partial charge in [0, 0.05) is 29.2 Å². The molecule has 7 nitrogen and oxygen atoms in total. The number of anilines is 3. The van der Waals surface area contributed by atoms with Gasteiger partial charge in [0.2, 0.25) is 0 Å². The zero-order valence-electron chi connectivity index (χ0n) is 16.2. The second kappa shape index (κ2) is 7.78. The minimum absolute atomic E-state index is 0.181. The van der Waals surface area contributed by atoms with Crippen LogP contribution in [-0.4, -0.2) is 23.2 Å². The van der Waals surface area contributed by atoms with Crippen LogP contribution in [0.2, 0.25) is 0 Å². The van der Waals surface area contributed by atoms with Crippen molar-refractivity contribution in [1.29, 1.82) is 0 Å². The van der Waals surface area contributed by atoms with E-state index in [9.17, 15) is 12.8 Å². The van der Waals surface area contributed by atoms with Gasteiger partial charge in [-0.2, -0.15) is 5.10 Å². The van der Waals surface area contributed by atoms with Gasteiger partial charge >= 0.3 is 0 Å². The first kappa shape index (κ1) is 19.7. The third kappa shape index (κ3) is 4.17. The molecule has 0 radical (unpaired) electrons. The summed E-state index contributed by atoms with van der Waals surface area (Å²) in [5.74, 6) is 0.276. The molecule has 1 fully saturated rings. The van der Waals surface area contributed by atoms with Crippen LogP contribution >= 0.6 is 11.3 Å². The smallest absolute Gasteiger partial charge is 0.266 e. The summed E-state index contributed by atoms with van der Waals surface area (Å²) in [6.07, 6.45) is 3.69. The fraction of sp³-hybridized carbons (Fsp3) is 0.143. The van der Waals surface area contributed by atoms with Crippen LogP contribution in [0.25, 0.3) is 5.69 Å². The molecular weight excluding hydrogens is 437 g/mol. The summed E-state index contributed by atoms with van der Waals surface area (Å²) in [6.45, 7) is 0. The highest BCUT2D eigenvalue weighted by Gasteiger charge is 2.28. The van der Waals surface area contributed by atoms with Gasteiger partial charge in [-0.1, -0.05) is 18.2 Å². The average Bonchev–Trinajstić information content (AvgIpc) is 3.32. The number of hydrogen-bond acceptors (Lipinski definition) is 6. The van der Waals surface area contributed by atoms with E-state index in [1.54, 1.807) is 10.1 Å². The number of thiazole rings is 1. The van der Waals surface area contributed by atoms with E-state index in [0.29, 0.717) is 17.4 Å². The molecule has 0 spiro atoms. The quantitative estimate of drug-likeness (QED) is 0.414. The zero-order valence-corrected chi connectivity index (χ0v) is 17.8. The average molecular weight is 456 g/mol. The van der Waals surface area contributed by atoms with Crippen LogP contribution < -0.4 is 10.0 Å². The number of nitrogens with zero attached hydrogens (tertiary/aromatic N) is 3. The summed E-state index contributed by atoms with van der Waals surface area (Å²) in [7, 11) is -4.08. The number of hydrogen-bond donors (Lipinski definition) is 2. The fourth-order valence-electron chi connectivity index (χ4n) is 3.22. The van der Waals surface area contributed by atoms with Gasteiger partial charge in [-0.15, -0.1) is 11.3 Å². The molecule has 31 heavy (non-hydrogen) atoms. The minimum atomic E-state index is -4.08. The number of halogens is 1. The Labute approximate surface area is 182 Å². The van der Waals surface area contributed by atoms with Crippen LogP contribution in [0.15, 0.2) is 71.1 Å². The molecule has 0 atom stereocenters. The van der Waals surface area contributed by atoms with Gasteiger partial charge in [-0.25, -0.2) is 22.5 Å². The number of nitrogens with one attached hydrogen (secondary N) is 2. The van der Waals surface area contributed by atoms with Gasteiger partial charge in [0.1, 0.15) is 16.5 Å². The molecule has 2 aromatic heterocycles. The first-order valence-electron chi connectivity index (χ1n) is 9.64. The van der Waals surface area contributed by atoms with Crippen LogP contribution in [0.1, 0.15) is 24.5 Å². The molecule has 0 aliphatic heterocycles. The first-order chi connectivity index (χ1) is 15.0. The van der Waals surface area contributed by atoms with E-state index in [-0.39, 0.29) is 5.13 Å². The molecule has 0 bridgehead atoms. The lowest BCUT2D eigenvalue weighted by Gasteiger charge is -2.11. The van der Waals surface area contributed by atoms with E-state index in [4.69, 9.17) is 5.10 Å². The van der Waals surface area contributed by atoms with Crippen molar-refractivity contribution in [3.63, 3.8) is 0 Å². The molecule has 0 unspecified atom stereocenters. The molecule has 2 N–H and O–H groups in total. The molecule has 2 heterocycles. The topological polar surface area (TPSA) is 88.9 Å². The van der Waals surface area contributed by atoms with E-state index in [1.165, 1.54) is 18.3 Å². The van der Waals surface area contributed by atoms with Crippen molar-refractivity contribution in [3.8, 4) is 5.69 Å². The largest absolute Gasteiger partial charge is 0.340 e. The Bertz CT molecular complexity index is 1320. The van der Waals surface area contributed by atoms with Crippen LogP contribution in [0.3, 0.4) is 0 Å². The first-order valence-corrected chi connectivity index (χ1v) is 12.0. The van der Waals surface area contributed by atoms with Crippen molar-refractivity contribution in [1.82, 2.24) is 14.8 Å². The van der Waals surface area contributed by atoms with E-state index in [2.05, 4.69) is 15.0 Å². The third-order valence-corrected chi connectivity index (χ3v) is 7.06. The lowest BCUT2D eigenvalue weighted by atomic mass is 10.3. The number of aromatic nitrogens is 3. The molecule has 10 heteroatoms. The normalized spacial score (nSPS) is 13.8. The van der Waals surface area contributed by atoms with Gasteiger partial charge in [-0.05, 0) is 43.2 Å². The molecule has 158 valence electrons. The van der Waals surface area contributed by atoms with Crippen molar-refractivity contribution >= 4 is 38.0 Å². The Kier molecular flexibility index (Phi) is 4.95. The number of para-hydroxylation sites is 1. The van der Waals surface area contributed by atoms with E-state index >= 15 is 0 Å². The van der Waals surface area contributed by atoms with Crippen molar-refractivity contribution in [3.05, 3.63) is 77.7 Å². The Balaban J connectivity index is 1.44. The summed E-state index contributed by atoms with van der Waals surface area (Å²) in [4.78, 5) is 3.43.